The van der Waals surface area contributed by atoms with Gasteiger partial charge in [-0.15, -0.1) is 0 Å². The number of hydrogen-bond acceptors (Lipinski definition) is 3. The van der Waals surface area contributed by atoms with E-state index in [1.54, 1.807) is 7.11 Å². The first-order valence-corrected chi connectivity index (χ1v) is 7.89. The summed E-state index contributed by atoms with van der Waals surface area (Å²) in [5.74, 6) is 0.690. The molecule has 1 aliphatic rings. The average Bonchev–Trinajstić information content (AvgIpc) is 2.53. The molecule has 2 rings (SSSR count). The number of methoxy groups -OCH3 is 1. The predicted octanol–water partition coefficient (Wildman–Crippen LogP) is 2.91. The Labute approximate surface area is 127 Å². The lowest BCUT2D eigenvalue weighted by Gasteiger charge is -2.22. The second-order valence-corrected chi connectivity index (χ2v) is 5.67. The van der Waals surface area contributed by atoms with Crippen LogP contribution in [0.25, 0.3) is 0 Å². The van der Waals surface area contributed by atoms with Gasteiger partial charge in [0.15, 0.2) is 0 Å². The first-order chi connectivity index (χ1) is 10.3. The molecule has 116 valence electrons. The van der Waals surface area contributed by atoms with Crippen molar-refractivity contribution in [3.05, 3.63) is 29.8 Å². The predicted molar refractivity (Wildman–Crippen MR) is 85.6 cm³/mol. The third kappa shape index (κ3) is 5.48. The second-order valence-electron chi connectivity index (χ2n) is 5.67. The lowest BCUT2D eigenvalue weighted by molar-refractivity contribution is -0.115. The number of amides is 1. The summed E-state index contributed by atoms with van der Waals surface area (Å²) >= 11 is 0. The topological polar surface area (TPSA) is 50.4 Å². The van der Waals surface area contributed by atoms with Gasteiger partial charge in [0.1, 0.15) is 0 Å². The number of anilines is 1. The molecule has 0 bridgehead atoms. The van der Waals surface area contributed by atoms with E-state index in [-0.39, 0.29) is 5.91 Å². The molecular formula is C17H26N2O2. The van der Waals surface area contributed by atoms with Crippen LogP contribution in [0, 0.1) is 0 Å². The Hall–Kier alpha value is -1.39. The number of rotatable bonds is 7. The average molecular weight is 290 g/mol. The monoisotopic (exact) mass is 290 g/mol. The summed E-state index contributed by atoms with van der Waals surface area (Å²) in [7, 11) is 1.65. The maximum atomic E-state index is 11.7. The molecule has 1 fully saturated rings. The van der Waals surface area contributed by atoms with E-state index < -0.39 is 0 Å². The minimum absolute atomic E-state index is 0.0171. The van der Waals surface area contributed by atoms with Crippen LogP contribution in [0.5, 0.6) is 0 Å². The molecule has 1 aromatic carbocycles. The SMILES string of the molecule is COCCNCC(=O)Nc1ccc(C2CCCCC2)cc1. The maximum absolute atomic E-state index is 11.7. The van der Waals surface area contributed by atoms with Gasteiger partial charge < -0.3 is 15.4 Å². The Kier molecular flexibility index (Phi) is 6.70. The highest BCUT2D eigenvalue weighted by molar-refractivity contribution is 5.92. The van der Waals surface area contributed by atoms with E-state index >= 15 is 0 Å². The highest BCUT2D eigenvalue weighted by Crippen LogP contribution is 2.32. The molecule has 0 saturated heterocycles. The molecule has 2 N–H and O–H groups in total. The molecule has 1 aromatic rings. The first-order valence-electron chi connectivity index (χ1n) is 7.89. The Morgan fingerprint density at radius 1 is 1.19 bits per heavy atom. The Morgan fingerprint density at radius 3 is 2.57 bits per heavy atom. The molecule has 0 spiro atoms. The van der Waals surface area contributed by atoms with Crippen molar-refractivity contribution in [1.29, 1.82) is 0 Å². The molecular weight excluding hydrogens is 264 g/mol. The number of benzene rings is 1. The second kappa shape index (κ2) is 8.80. The third-order valence-corrected chi connectivity index (χ3v) is 4.04. The van der Waals surface area contributed by atoms with Crippen molar-refractivity contribution in [3.63, 3.8) is 0 Å². The number of carbonyl (C=O) groups is 1. The zero-order chi connectivity index (χ0) is 14.9. The quantitative estimate of drug-likeness (QED) is 0.759. The fraction of sp³-hybridized carbons (Fsp3) is 0.588. The van der Waals surface area contributed by atoms with Gasteiger partial charge in [-0.3, -0.25) is 4.79 Å². The molecule has 21 heavy (non-hydrogen) atoms. The van der Waals surface area contributed by atoms with Gasteiger partial charge in [0.25, 0.3) is 0 Å². The fourth-order valence-electron chi connectivity index (χ4n) is 2.86. The van der Waals surface area contributed by atoms with Crippen LogP contribution in [0.15, 0.2) is 24.3 Å². The minimum atomic E-state index is -0.0171. The summed E-state index contributed by atoms with van der Waals surface area (Å²) in [5.41, 5.74) is 2.28. The molecule has 1 saturated carbocycles. The first kappa shape index (κ1) is 16.0. The normalized spacial score (nSPS) is 15.9. The molecule has 0 unspecified atom stereocenters. The molecule has 1 amide bonds. The van der Waals surface area contributed by atoms with Gasteiger partial charge >= 0.3 is 0 Å². The molecule has 0 atom stereocenters. The molecule has 0 aliphatic heterocycles. The van der Waals surface area contributed by atoms with E-state index in [9.17, 15) is 4.79 Å². The van der Waals surface area contributed by atoms with Crippen LogP contribution >= 0.6 is 0 Å². The Balaban J connectivity index is 1.77. The molecule has 0 radical (unpaired) electrons. The van der Waals surface area contributed by atoms with Gasteiger partial charge in [-0.2, -0.15) is 0 Å². The van der Waals surface area contributed by atoms with Gasteiger partial charge in [-0.05, 0) is 36.5 Å². The van der Waals surface area contributed by atoms with Crippen molar-refractivity contribution in [1.82, 2.24) is 5.32 Å². The summed E-state index contributed by atoms with van der Waals surface area (Å²) in [6.07, 6.45) is 6.66. The Morgan fingerprint density at radius 2 is 1.90 bits per heavy atom. The lowest BCUT2D eigenvalue weighted by atomic mass is 9.84. The van der Waals surface area contributed by atoms with E-state index in [2.05, 4.69) is 22.8 Å². The zero-order valence-electron chi connectivity index (χ0n) is 12.9. The molecule has 4 heteroatoms. The summed E-state index contributed by atoms with van der Waals surface area (Å²) in [5, 5.41) is 5.94. The van der Waals surface area contributed by atoms with Crippen LogP contribution in [-0.2, 0) is 9.53 Å². The van der Waals surface area contributed by atoms with Crippen LogP contribution in [0.4, 0.5) is 5.69 Å². The molecule has 1 aliphatic carbocycles. The van der Waals surface area contributed by atoms with Crippen molar-refractivity contribution in [2.75, 3.05) is 32.1 Å². The van der Waals surface area contributed by atoms with Crippen molar-refractivity contribution in [3.8, 4) is 0 Å². The summed E-state index contributed by atoms with van der Waals surface area (Å²) in [6.45, 7) is 1.61. The third-order valence-electron chi connectivity index (χ3n) is 4.04. The summed E-state index contributed by atoms with van der Waals surface area (Å²) < 4.78 is 4.92. The van der Waals surface area contributed by atoms with Crippen molar-refractivity contribution in [2.45, 2.75) is 38.0 Å². The highest BCUT2D eigenvalue weighted by Gasteiger charge is 2.15. The van der Waals surface area contributed by atoms with E-state index in [0.717, 1.165) is 5.69 Å². The van der Waals surface area contributed by atoms with E-state index in [1.807, 2.05) is 12.1 Å². The van der Waals surface area contributed by atoms with E-state index in [1.165, 1.54) is 37.7 Å². The van der Waals surface area contributed by atoms with Crippen molar-refractivity contribution in [2.24, 2.45) is 0 Å². The largest absolute Gasteiger partial charge is 0.383 e. The number of ether oxygens (including phenoxy) is 1. The van der Waals surface area contributed by atoms with Gasteiger partial charge in [0.2, 0.25) is 5.91 Å². The van der Waals surface area contributed by atoms with Crippen LogP contribution in [0.1, 0.15) is 43.6 Å². The van der Waals surface area contributed by atoms with Crippen molar-refractivity contribution >= 4 is 11.6 Å². The Bertz CT molecular complexity index is 425. The van der Waals surface area contributed by atoms with Gasteiger partial charge in [0, 0.05) is 19.3 Å². The summed E-state index contributed by atoms with van der Waals surface area (Å²) in [4.78, 5) is 11.7. The fourth-order valence-corrected chi connectivity index (χ4v) is 2.86. The van der Waals surface area contributed by atoms with Crippen LogP contribution in [-0.4, -0.2) is 32.7 Å². The van der Waals surface area contributed by atoms with Crippen LogP contribution < -0.4 is 10.6 Å². The van der Waals surface area contributed by atoms with Crippen LogP contribution in [0.3, 0.4) is 0 Å². The highest BCUT2D eigenvalue weighted by atomic mass is 16.5. The standard InChI is InChI=1S/C17H26N2O2/c1-21-12-11-18-13-17(20)19-16-9-7-15(8-10-16)14-5-3-2-4-6-14/h7-10,14,18H,2-6,11-13H2,1H3,(H,19,20). The van der Waals surface area contributed by atoms with Gasteiger partial charge in [0.05, 0.1) is 13.2 Å². The van der Waals surface area contributed by atoms with E-state index in [0.29, 0.717) is 25.6 Å². The maximum Gasteiger partial charge on any atom is 0.238 e. The van der Waals surface area contributed by atoms with Crippen LogP contribution in [0.2, 0.25) is 0 Å². The van der Waals surface area contributed by atoms with Gasteiger partial charge in [-0.1, -0.05) is 31.4 Å². The molecule has 0 aromatic heterocycles. The van der Waals surface area contributed by atoms with E-state index in [4.69, 9.17) is 4.74 Å². The number of hydrogen-bond donors (Lipinski definition) is 2. The molecule has 0 heterocycles. The zero-order valence-corrected chi connectivity index (χ0v) is 12.9. The number of nitrogens with one attached hydrogen (secondary N) is 2. The smallest absolute Gasteiger partial charge is 0.238 e. The summed E-state index contributed by atoms with van der Waals surface area (Å²) in [6, 6.07) is 8.34. The molecule has 4 nitrogen and oxygen atoms in total. The minimum Gasteiger partial charge on any atom is -0.383 e. The lowest BCUT2D eigenvalue weighted by Crippen LogP contribution is -2.30. The van der Waals surface area contributed by atoms with Crippen molar-refractivity contribution < 1.29 is 9.53 Å². The number of carbonyl (C=O) groups excluding carboxylic acids is 1. The van der Waals surface area contributed by atoms with Gasteiger partial charge in [-0.25, -0.2) is 0 Å².